The van der Waals surface area contributed by atoms with Crippen molar-refractivity contribution in [3.05, 3.63) is 36.5 Å². The van der Waals surface area contributed by atoms with Crippen LogP contribution in [0.5, 0.6) is 0 Å². The Labute approximate surface area is 289 Å². The van der Waals surface area contributed by atoms with Crippen molar-refractivity contribution in [2.75, 3.05) is 13.2 Å². The molecule has 0 aromatic rings. The van der Waals surface area contributed by atoms with Gasteiger partial charge in [0.1, 0.15) is 13.2 Å². The Morgan fingerprint density at radius 1 is 0.468 bits per heavy atom. The summed E-state index contributed by atoms with van der Waals surface area (Å²) in [7, 11) is 0. The summed E-state index contributed by atoms with van der Waals surface area (Å²) < 4.78 is 16.3. The average Bonchev–Trinajstić information content (AvgIpc) is 3.06. The van der Waals surface area contributed by atoms with Gasteiger partial charge in [-0.05, 0) is 25.7 Å². The first-order valence-electron chi connectivity index (χ1n) is 19.5. The molecule has 0 aliphatic rings. The summed E-state index contributed by atoms with van der Waals surface area (Å²) >= 11 is 0. The van der Waals surface area contributed by atoms with E-state index in [-0.39, 0.29) is 25.2 Å². The van der Waals surface area contributed by atoms with E-state index in [0.29, 0.717) is 12.8 Å². The summed E-state index contributed by atoms with van der Waals surface area (Å²) in [6.07, 6.45) is 39.3. The molecule has 0 fully saturated rings. The Bertz CT molecular complexity index is 781. The molecule has 6 heteroatoms. The zero-order chi connectivity index (χ0) is 34.5. The van der Waals surface area contributed by atoms with Crippen LogP contribution in [0.25, 0.3) is 0 Å². The summed E-state index contributed by atoms with van der Waals surface area (Å²) in [4.78, 5) is 37.1. The summed E-state index contributed by atoms with van der Waals surface area (Å²) in [5.41, 5.74) is 0. The fourth-order valence-electron chi connectivity index (χ4n) is 5.30. The van der Waals surface area contributed by atoms with Gasteiger partial charge in [-0.15, -0.1) is 0 Å². The highest BCUT2D eigenvalue weighted by Gasteiger charge is 2.18. The van der Waals surface area contributed by atoms with Crippen molar-refractivity contribution in [1.82, 2.24) is 0 Å². The molecule has 0 N–H and O–H groups in total. The smallest absolute Gasteiger partial charge is 0.331 e. The van der Waals surface area contributed by atoms with E-state index in [1.165, 1.54) is 115 Å². The van der Waals surface area contributed by atoms with Gasteiger partial charge in [0, 0.05) is 18.9 Å². The number of allylic oxidation sites excluding steroid dienone is 5. The summed E-state index contributed by atoms with van der Waals surface area (Å²) in [5.74, 6) is -1.20. The molecule has 0 aliphatic heterocycles. The molecule has 47 heavy (non-hydrogen) atoms. The SMILES string of the molecule is CCCCCCCCCCC/C=C\C=CC=CC(=O)OC(COC(=O)CCCCCCCCC)COC(=O)CCCCCCCCC. The minimum atomic E-state index is -0.844. The third-order valence-corrected chi connectivity index (χ3v) is 8.29. The minimum Gasteiger partial charge on any atom is -0.462 e. The van der Waals surface area contributed by atoms with Gasteiger partial charge in [0.05, 0.1) is 0 Å². The number of hydrogen-bond donors (Lipinski definition) is 0. The molecule has 0 heterocycles. The lowest BCUT2D eigenvalue weighted by Crippen LogP contribution is -2.30. The molecule has 0 radical (unpaired) electrons. The fraction of sp³-hybridized carbons (Fsp3) is 0.780. The van der Waals surface area contributed by atoms with E-state index in [1.54, 1.807) is 12.2 Å². The lowest BCUT2D eigenvalue weighted by atomic mass is 10.1. The second-order valence-electron chi connectivity index (χ2n) is 13.0. The van der Waals surface area contributed by atoms with Crippen molar-refractivity contribution in [3.8, 4) is 0 Å². The molecule has 0 saturated carbocycles. The highest BCUT2D eigenvalue weighted by Crippen LogP contribution is 2.12. The molecule has 0 atom stereocenters. The predicted molar refractivity (Wildman–Crippen MR) is 196 cm³/mol. The van der Waals surface area contributed by atoms with Gasteiger partial charge in [-0.25, -0.2) is 4.79 Å². The standard InChI is InChI=1S/C41H72O6/c1-4-7-10-13-16-17-18-19-20-21-22-23-26-29-32-35-41(44)47-38(36-45-39(42)33-30-27-24-14-11-8-5-2)37-46-40(43)34-31-28-25-15-12-9-6-3/h22-23,26,29,32,35,38H,4-21,24-25,27-28,30-31,33-34,36-37H2,1-3H3/b23-22-,29-26?,35-32?. The Balaban J connectivity index is 4.49. The quantitative estimate of drug-likeness (QED) is 0.0225. The largest absolute Gasteiger partial charge is 0.462 e. The molecule has 6 nitrogen and oxygen atoms in total. The van der Waals surface area contributed by atoms with Crippen molar-refractivity contribution in [1.29, 1.82) is 0 Å². The van der Waals surface area contributed by atoms with Crippen molar-refractivity contribution >= 4 is 17.9 Å². The number of carbonyl (C=O) groups is 3. The Hall–Kier alpha value is -2.37. The van der Waals surface area contributed by atoms with Gasteiger partial charge in [-0.3, -0.25) is 9.59 Å². The molecule has 0 amide bonds. The predicted octanol–water partition coefficient (Wildman–Crippen LogP) is 11.9. The first-order chi connectivity index (χ1) is 23.0. The van der Waals surface area contributed by atoms with Crippen LogP contribution in [0.15, 0.2) is 36.5 Å². The van der Waals surface area contributed by atoms with Gasteiger partial charge in [-0.2, -0.15) is 0 Å². The summed E-state index contributed by atoms with van der Waals surface area (Å²) in [6, 6.07) is 0. The Kier molecular flexibility index (Phi) is 34.6. The maximum absolute atomic E-state index is 12.5. The molecular formula is C41H72O6. The molecule has 0 saturated heterocycles. The van der Waals surface area contributed by atoms with E-state index in [1.807, 2.05) is 12.2 Å². The third kappa shape index (κ3) is 34.8. The van der Waals surface area contributed by atoms with Crippen LogP contribution in [-0.2, 0) is 28.6 Å². The van der Waals surface area contributed by atoms with Crippen LogP contribution in [0.3, 0.4) is 0 Å². The highest BCUT2D eigenvalue weighted by atomic mass is 16.6. The van der Waals surface area contributed by atoms with Crippen LogP contribution in [0, 0.1) is 0 Å². The van der Waals surface area contributed by atoms with Crippen LogP contribution < -0.4 is 0 Å². The van der Waals surface area contributed by atoms with Gasteiger partial charge in [0.25, 0.3) is 0 Å². The second-order valence-corrected chi connectivity index (χ2v) is 13.0. The molecular weight excluding hydrogens is 588 g/mol. The number of hydrogen-bond acceptors (Lipinski definition) is 6. The number of ether oxygens (including phenoxy) is 3. The molecule has 0 aromatic heterocycles. The van der Waals surface area contributed by atoms with E-state index < -0.39 is 12.1 Å². The maximum Gasteiger partial charge on any atom is 0.331 e. The second kappa shape index (κ2) is 36.5. The number of esters is 3. The number of unbranched alkanes of at least 4 members (excludes halogenated alkanes) is 21. The van der Waals surface area contributed by atoms with E-state index >= 15 is 0 Å². The van der Waals surface area contributed by atoms with Crippen LogP contribution in [0.2, 0.25) is 0 Å². The zero-order valence-corrected chi connectivity index (χ0v) is 30.8. The minimum absolute atomic E-state index is 0.128. The van der Waals surface area contributed by atoms with Gasteiger partial charge in [0.2, 0.25) is 0 Å². The molecule has 0 unspecified atom stereocenters. The van der Waals surface area contributed by atoms with Crippen LogP contribution >= 0.6 is 0 Å². The molecule has 0 aromatic carbocycles. The lowest BCUT2D eigenvalue weighted by Gasteiger charge is -2.17. The van der Waals surface area contributed by atoms with E-state index in [4.69, 9.17) is 14.2 Å². The number of rotatable bonds is 34. The topological polar surface area (TPSA) is 78.9 Å². The van der Waals surface area contributed by atoms with E-state index in [9.17, 15) is 14.4 Å². The monoisotopic (exact) mass is 661 g/mol. The van der Waals surface area contributed by atoms with Crippen LogP contribution in [0.1, 0.15) is 188 Å². The average molecular weight is 661 g/mol. The van der Waals surface area contributed by atoms with Gasteiger partial charge in [0.15, 0.2) is 6.10 Å². The molecule has 0 bridgehead atoms. The highest BCUT2D eigenvalue weighted by molar-refractivity contribution is 5.82. The van der Waals surface area contributed by atoms with Crippen LogP contribution in [0.4, 0.5) is 0 Å². The number of carbonyl (C=O) groups excluding carboxylic acids is 3. The normalized spacial score (nSPS) is 11.7. The Morgan fingerprint density at radius 2 is 0.851 bits per heavy atom. The fourth-order valence-corrected chi connectivity index (χ4v) is 5.30. The molecule has 272 valence electrons. The third-order valence-electron chi connectivity index (χ3n) is 8.29. The first kappa shape index (κ1) is 44.6. The van der Waals surface area contributed by atoms with Crippen LogP contribution in [-0.4, -0.2) is 37.2 Å². The van der Waals surface area contributed by atoms with Crippen molar-refractivity contribution in [3.63, 3.8) is 0 Å². The van der Waals surface area contributed by atoms with Gasteiger partial charge in [-0.1, -0.05) is 180 Å². The van der Waals surface area contributed by atoms with E-state index in [0.717, 1.165) is 44.9 Å². The first-order valence-corrected chi connectivity index (χ1v) is 19.5. The molecule has 0 spiro atoms. The van der Waals surface area contributed by atoms with Crippen molar-refractivity contribution in [2.45, 2.75) is 194 Å². The van der Waals surface area contributed by atoms with Crippen molar-refractivity contribution in [2.24, 2.45) is 0 Å². The zero-order valence-electron chi connectivity index (χ0n) is 30.8. The van der Waals surface area contributed by atoms with Crippen molar-refractivity contribution < 1.29 is 28.6 Å². The maximum atomic E-state index is 12.5. The summed E-state index contributed by atoms with van der Waals surface area (Å²) in [6.45, 7) is 6.40. The lowest BCUT2D eigenvalue weighted by molar-refractivity contribution is -0.163. The Morgan fingerprint density at radius 3 is 1.30 bits per heavy atom. The summed E-state index contributed by atoms with van der Waals surface area (Å²) in [5, 5.41) is 0. The molecule has 0 rings (SSSR count). The van der Waals surface area contributed by atoms with Gasteiger partial charge >= 0.3 is 17.9 Å². The molecule has 0 aliphatic carbocycles. The van der Waals surface area contributed by atoms with Gasteiger partial charge < -0.3 is 14.2 Å². The van der Waals surface area contributed by atoms with E-state index in [2.05, 4.69) is 26.8 Å².